The van der Waals surface area contributed by atoms with E-state index in [1.165, 1.54) is 11.3 Å². The van der Waals surface area contributed by atoms with Crippen LogP contribution >= 0.6 is 27.3 Å². The van der Waals surface area contributed by atoms with Gasteiger partial charge in [-0.2, -0.15) is 8.42 Å². The van der Waals surface area contributed by atoms with Gasteiger partial charge in [0.25, 0.3) is 10.2 Å². The summed E-state index contributed by atoms with van der Waals surface area (Å²) in [6.07, 6.45) is 0.526. The van der Waals surface area contributed by atoms with Crippen molar-refractivity contribution in [3.05, 3.63) is 39.1 Å². The van der Waals surface area contributed by atoms with Gasteiger partial charge in [-0.1, -0.05) is 28.1 Å². The Balaban J connectivity index is 2.01. The third-order valence-electron chi connectivity index (χ3n) is 3.46. The molecule has 11 heteroatoms. The van der Waals surface area contributed by atoms with E-state index in [4.69, 9.17) is 10.2 Å². The summed E-state index contributed by atoms with van der Waals surface area (Å²) in [6, 6.07) is 7.25. The molecule has 1 aromatic carbocycles. The first-order valence-corrected chi connectivity index (χ1v) is 10.9. The fourth-order valence-electron chi connectivity index (χ4n) is 2.32. The quantitative estimate of drug-likeness (QED) is 0.424. The number of carboxylic acid groups (broad SMARTS) is 1. The van der Waals surface area contributed by atoms with Crippen molar-refractivity contribution in [1.29, 1.82) is 0 Å². The van der Waals surface area contributed by atoms with Crippen molar-refractivity contribution >= 4 is 43.6 Å². The Morgan fingerprint density at radius 2 is 2.15 bits per heavy atom. The maximum Gasteiger partial charge on any atom is 0.405 e. The van der Waals surface area contributed by atoms with Gasteiger partial charge in [-0.3, -0.25) is 0 Å². The molecule has 0 radical (unpaired) electrons. The number of unbranched alkanes of at least 4 members (excludes halogenated alkanes) is 1. The monoisotopic (exact) mass is 462 g/mol. The second-order valence-electron chi connectivity index (χ2n) is 5.52. The van der Waals surface area contributed by atoms with Gasteiger partial charge in [-0.05, 0) is 31.4 Å². The van der Waals surface area contributed by atoms with Gasteiger partial charge < -0.3 is 10.4 Å². The van der Waals surface area contributed by atoms with E-state index in [-0.39, 0.29) is 6.54 Å². The van der Waals surface area contributed by atoms with Crippen LogP contribution in [-0.2, 0) is 10.2 Å². The lowest BCUT2D eigenvalue weighted by Gasteiger charge is -2.14. The molecule has 0 bridgehead atoms. The van der Waals surface area contributed by atoms with Gasteiger partial charge in [0.1, 0.15) is 5.01 Å². The molecule has 5 N–H and O–H groups in total. The van der Waals surface area contributed by atoms with Crippen molar-refractivity contribution in [2.75, 3.05) is 6.54 Å². The van der Waals surface area contributed by atoms with Crippen LogP contribution in [0.5, 0.6) is 0 Å². The Hall–Kier alpha value is -1.53. The highest BCUT2D eigenvalue weighted by Crippen LogP contribution is 2.29. The number of hydrogen-bond acceptors (Lipinski definition) is 5. The first kappa shape index (κ1) is 20.8. The predicted molar refractivity (Wildman–Crippen MR) is 104 cm³/mol. The van der Waals surface area contributed by atoms with Crippen LogP contribution in [0, 0.1) is 0 Å². The highest BCUT2D eigenvalue weighted by molar-refractivity contribution is 9.10. The summed E-state index contributed by atoms with van der Waals surface area (Å²) in [5.41, 5.74) is 1.72. The van der Waals surface area contributed by atoms with Crippen LogP contribution in [0.1, 0.15) is 30.3 Å². The molecule has 0 spiro atoms. The smallest absolute Gasteiger partial charge is 0.405 e. The predicted octanol–water partition coefficient (Wildman–Crippen LogP) is 2.84. The molecule has 0 fully saturated rings. The number of nitrogens with two attached hydrogens (primary N) is 1. The zero-order valence-corrected chi connectivity index (χ0v) is 16.9. The number of halogens is 1. The second-order valence-corrected chi connectivity index (χ2v) is 8.70. The van der Waals surface area contributed by atoms with Gasteiger partial charge in [0, 0.05) is 22.0 Å². The van der Waals surface area contributed by atoms with Crippen molar-refractivity contribution in [3.8, 4) is 11.3 Å². The molecule has 1 unspecified atom stereocenters. The van der Waals surface area contributed by atoms with E-state index in [1.807, 2.05) is 29.6 Å². The first-order chi connectivity index (χ1) is 12.2. The summed E-state index contributed by atoms with van der Waals surface area (Å²) < 4.78 is 24.8. The van der Waals surface area contributed by atoms with Gasteiger partial charge in [0.05, 0.1) is 11.7 Å². The molecule has 1 aromatic heterocycles. The molecular formula is C15H19BrN4O4S2. The molecule has 142 valence electrons. The first-order valence-electron chi connectivity index (χ1n) is 7.73. The molecule has 0 saturated carbocycles. The van der Waals surface area contributed by atoms with Crippen LogP contribution in [0.15, 0.2) is 34.1 Å². The minimum absolute atomic E-state index is 0.208. The third kappa shape index (κ3) is 7.00. The highest BCUT2D eigenvalue weighted by atomic mass is 79.9. The number of aromatic nitrogens is 1. The Bertz CT molecular complexity index is 857. The lowest BCUT2D eigenvalue weighted by molar-refractivity contribution is 0.189. The molecule has 0 aliphatic heterocycles. The molecule has 1 heterocycles. The molecular weight excluding hydrogens is 444 g/mol. The topological polar surface area (TPSA) is 134 Å². The number of nitrogens with zero attached hydrogens (tertiary/aromatic N) is 1. The van der Waals surface area contributed by atoms with Gasteiger partial charge in [-0.25, -0.2) is 19.6 Å². The lowest BCUT2D eigenvalue weighted by atomic mass is 10.1. The van der Waals surface area contributed by atoms with E-state index < -0.39 is 22.3 Å². The molecule has 1 amide bonds. The van der Waals surface area contributed by atoms with Crippen molar-refractivity contribution in [3.63, 3.8) is 0 Å². The van der Waals surface area contributed by atoms with E-state index >= 15 is 0 Å². The normalized spacial score (nSPS) is 12.7. The standard InChI is InChI=1S/C15H19BrN4O4S2/c16-11-5-3-4-10(8-11)13-9-25-14(19-13)12(20-15(21)22)6-1-2-7-18-26(17,23)24/h3-5,8-9,12,18,20H,1-2,6-7H2,(H,21,22)(H2,17,23,24). The van der Waals surface area contributed by atoms with Crippen molar-refractivity contribution < 1.29 is 18.3 Å². The van der Waals surface area contributed by atoms with Crippen LogP contribution < -0.4 is 15.2 Å². The third-order valence-corrected chi connectivity index (χ3v) is 5.52. The average Bonchev–Trinajstić information content (AvgIpc) is 3.02. The number of benzene rings is 1. The minimum atomic E-state index is -3.70. The van der Waals surface area contributed by atoms with Crippen LogP contribution in [0.4, 0.5) is 4.79 Å². The van der Waals surface area contributed by atoms with Crippen LogP contribution in [0.25, 0.3) is 11.3 Å². The maximum absolute atomic E-state index is 11.1. The van der Waals surface area contributed by atoms with Crippen LogP contribution in [0.3, 0.4) is 0 Å². The van der Waals surface area contributed by atoms with Crippen molar-refractivity contribution in [1.82, 2.24) is 15.0 Å². The number of carbonyl (C=O) groups is 1. The Morgan fingerprint density at radius 1 is 1.38 bits per heavy atom. The van der Waals surface area contributed by atoms with Crippen molar-refractivity contribution in [2.45, 2.75) is 25.3 Å². The van der Waals surface area contributed by atoms with Gasteiger partial charge in [0.15, 0.2) is 0 Å². The Morgan fingerprint density at radius 3 is 2.81 bits per heavy atom. The van der Waals surface area contributed by atoms with E-state index in [0.29, 0.717) is 24.3 Å². The number of hydrogen-bond donors (Lipinski definition) is 4. The summed E-state index contributed by atoms with van der Waals surface area (Å²) in [5.74, 6) is 0. The fraction of sp³-hybridized carbons (Fsp3) is 0.333. The second kappa shape index (κ2) is 9.42. The van der Waals surface area contributed by atoms with E-state index in [0.717, 1.165) is 15.7 Å². The Kier molecular flexibility index (Phi) is 7.53. The number of rotatable bonds is 9. The number of nitrogens with one attached hydrogen (secondary N) is 2. The zero-order valence-electron chi connectivity index (χ0n) is 13.7. The van der Waals surface area contributed by atoms with E-state index in [9.17, 15) is 13.2 Å². The SMILES string of the molecule is NS(=O)(=O)NCCCCC(NC(=O)O)c1nc(-c2cccc(Br)c2)cs1. The van der Waals surface area contributed by atoms with Gasteiger partial charge >= 0.3 is 6.09 Å². The largest absolute Gasteiger partial charge is 0.465 e. The van der Waals surface area contributed by atoms with Crippen LogP contribution in [0.2, 0.25) is 0 Å². The maximum atomic E-state index is 11.1. The number of amides is 1. The lowest BCUT2D eigenvalue weighted by Crippen LogP contribution is -2.31. The summed E-state index contributed by atoms with van der Waals surface area (Å²) >= 11 is 4.80. The summed E-state index contributed by atoms with van der Waals surface area (Å²) in [7, 11) is -3.70. The molecule has 0 aliphatic rings. The summed E-state index contributed by atoms with van der Waals surface area (Å²) in [6.45, 7) is 0.208. The van der Waals surface area contributed by atoms with Gasteiger partial charge in [-0.15, -0.1) is 11.3 Å². The molecule has 26 heavy (non-hydrogen) atoms. The molecule has 1 atom stereocenters. The molecule has 8 nitrogen and oxygen atoms in total. The zero-order chi connectivity index (χ0) is 19.2. The van der Waals surface area contributed by atoms with Crippen molar-refractivity contribution in [2.24, 2.45) is 5.14 Å². The van der Waals surface area contributed by atoms with E-state index in [1.54, 1.807) is 0 Å². The highest BCUT2D eigenvalue weighted by Gasteiger charge is 2.18. The van der Waals surface area contributed by atoms with Gasteiger partial charge in [0.2, 0.25) is 0 Å². The minimum Gasteiger partial charge on any atom is -0.465 e. The summed E-state index contributed by atoms with van der Waals surface area (Å²) in [4.78, 5) is 15.6. The van der Waals surface area contributed by atoms with Crippen LogP contribution in [-0.4, -0.2) is 31.1 Å². The van der Waals surface area contributed by atoms with E-state index in [2.05, 4.69) is 31.0 Å². The average molecular weight is 463 g/mol. The number of thiazole rings is 1. The molecule has 0 saturated heterocycles. The molecule has 0 aliphatic carbocycles. The fourth-order valence-corrected chi connectivity index (χ4v) is 4.06. The molecule has 2 rings (SSSR count). The Labute approximate surface area is 164 Å². The molecule has 2 aromatic rings. The summed E-state index contributed by atoms with van der Waals surface area (Å²) in [5, 5.41) is 19.0.